The summed E-state index contributed by atoms with van der Waals surface area (Å²) in [6, 6.07) is 8.34. The van der Waals surface area contributed by atoms with Crippen LogP contribution in [0.15, 0.2) is 42.0 Å². The second-order valence-electron chi connectivity index (χ2n) is 6.49. The van der Waals surface area contributed by atoms with Crippen LogP contribution in [-0.2, 0) is 9.59 Å². The number of nitrogens with zero attached hydrogens (tertiary/aromatic N) is 2. The smallest absolute Gasteiger partial charge is 0.335 e. The predicted molar refractivity (Wildman–Crippen MR) is 105 cm³/mol. The summed E-state index contributed by atoms with van der Waals surface area (Å²) in [7, 11) is 1.30. The monoisotopic (exact) mass is 395 g/mol. The van der Waals surface area contributed by atoms with Gasteiger partial charge < -0.3 is 4.74 Å². The number of imide groups is 2. The van der Waals surface area contributed by atoms with E-state index in [9.17, 15) is 24.5 Å². The van der Waals surface area contributed by atoms with Gasteiger partial charge in [-0.05, 0) is 54.8 Å². The summed E-state index contributed by atoms with van der Waals surface area (Å²) < 4.78 is 4.94. The minimum absolute atomic E-state index is 0.0450. The topological polar surface area (TPSA) is 119 Å². The van der Waals surface area contributed by atoms with Crippen molar-refractivity contribution in [3.8, 4) is 5.75 Å². The van der Waals surface area contributed by atoms with Gasteiger partial charge in [0.25, 0.3) is 11.8 Å². The molecule has 9 nitrogen and oxygen atoms in total. The van der Waals surface area contributed by atoms with Gasteiger partial charge in [-0.1, -0.05) is 12.1 Å². The molecule has 0 bridgehead atoms. The second kappa shape index (κ2) is 7.55. The first-order valence-corrected chi connectivity index (χ1v) is 8.53. The average Bonchev–Trinajstić information content (AvgIpc) is 2.64. The molecule has 1 heterocycles. The normalized spacial score (nSPS) is 15.5. The van der Waals surface area contributed by atoms with E-state index in [-0.39, 0.29) is 22.6 Å². The van der Waals surface area contributed by atoms with Crippen molar-refractivity contribution in [2.45, 2.75) is 13.8 Å². The lowest BCUT2D eigenvalue weighted by molar-refractivity contribution is -0.385. The van der Waals surface area contributed by atoms with Crippen molar-refractivity contribution in [2.75, 3.05) is 12.0 Å². The number of barbiturate groups is 1. The van der Waals surface area contributed by atoms with Crippen molar-refractivity contribution in [3.05, 3.63) is 68.8 Å². The summed E-state index contributed by atoms with van der Waals surface area (Å²) in [6.45, 7) is 3.64. The Balaban J connectivity index is 2.06. The first kappa shape index (κ1) is 19.7. The number of ether oxygens (including phenoxy) is 1. The third-order valence-corrected chi connectivity index (χ3v) is 4.28. The number of methoxy groups -OCH3 is 1. The minimum atomic E-state index is -0.876. The van der Waals surface area contributed by atoms with Gasteiger partial charge in [0.2, 0.25) is 0 Å². The van der Waals surface area contributed by atoms with Crippen LogP contribution in [0.3, 0.4) is 0 Å². The van der Waals surface area contributed by atoms with Crippen LogP contribution in [0.4, 0.5) is 16.2 Å². The number of benzene rings is 2. The molecule has 3 rings (SSSR count). The lowest BCUT2D eigenvalue weighted by Gasteiger charge is -2.27. The van der Waals surface area contributed by atoms with Crippen LogP contribution >= 0.6 is 0 Å². The summed E-state index contributed by atoms with van der Waals surface area (Å²) in [6.07, 6.45) is 1.20. The number of hydrogen-bond donors (Lipinski definition) is 1. The number of aryl methyl sites for hydroxylation is 2. The maximum absolute atomic E-state index is 12.9. The van der Waals surface area contributed by atoms with Crippen LogP contribution in [0.5, 0.6) is 5.75 Å². The average molecular weight is 395 g/mol. The minimum Gasteiger partial charge on any atom is -0.490 e. The van der Waals surface area contributed by atoms with Crippen molar-refractivity contribution >= 4 is 35.3 Å². The Hall–Kier alpha value is -4.01. The van der Waals surface area contributed by atoms with Crippen molar-refractivity contribution in [1.29, 1.82) is 0 Å². The van der Waals surface area contributed by atoms with Crippen molar-refractivity contribution < 1.29 is 24.0 Å². The number of anilines is 1. The van der Waals surface area contributed by atoms with Gasteiger partial charge in [-0.3, -0.25) is 25.0 Å². The summed E-state index contributed by atoms with van der Waals surface area (Å²) in [5.74, 6) is -1.65. The molecule has 1 aliphatic rings. The molecule has 0 spiro atoms. The van der Waals surface area contributed by atoms with Gasteiger partial charge in [0.15, 0.2) is 5.75 Å². The number of nitro benzene ring substituents is 1. The van der Waals surface area contributed by atoms with Crippen LogP contribution in [0.2, 0.25) is 0 Å². The summed E-state index contributed by atoms with van der Waals surface area (Å²) in [5.41, 5.74) is 1.62. The van der Waals surface area contributed by atoms with E-state index >= 15 is 0 Å². The SMILES string of the molecule is COc1ccc(/C=C2/C(=O)NC(=O)N(c3cc(C)cc(C)c3)C2=O)cc1[N+](=O)[O-]. The van der Waals surface area contributed by atoms with Gasteiger partial charge in [-0.15, -0.1) is 0 Å². The number of nitrogens with one attached hydrogen (secondary N) is 1. The number of carbonyl (C=O) groups excluding carboxylic acids is 3. The number of carbonyl (C=O) groups is 3. The number of amides is 4. The molecular formula is C20H17N3O6. The van der Waals surface area contributed by atoms with Crippen LogP contribution in [0, 0.1) is 24.0 Å². The van der Waals surface area contributed by atoms with E-state index in [4.69, 9.17) is 4.74 Å². The largest absolute Gasteiger partial charge is 0.490 e. The highest BCUT2D eigenvalue weighted by molar-refractivity contribution is 6.39. The van der Waals surface area contributed by atoms with Gasteiger partial charge >= 0.3 is 11.7 Å². The van der Waals surface area contributed by atoms with Crippen LogP contribution < -0.4 is 15.0 Å². The second-order valence-corrected chi connectivity index (χ2v) is 6.49. The van der Waals surface area contributed by atoms with Crippen LogP contribution in [-0.4, -0.2) is 29.9 Å². The van der Waals surface area contributed by atoms with E-state index in [2.05, 4.69) is 5.32 Å². The van der Waals surface area contributed by atoms with E-state index in [1.807, 2.05) is 19.9 Å². The molecule has 0 atom stereocenters. The van der Waals surface area contributed by atoms with Gasteiger partial charge in [0.1, 0.15) is 5.57 Å². The molecule has 1 fully saturated rings. The Morgan fingerprint density at radius 1 is 1.07 bits per heavy atom. The van der Waals surface area contributed by atoms with Crippen molar-refractivity contribution in [2.24, 2.45) is 0 Å². The summed E-state index contributed by atoms with van der Waals surface area (Å²) in [5, 5.41) is 13.3. The fourth-order valence-corrected chi connectivity index (χ4v) is 3.08. The molecule has 9 heteroatoms. The highest BCUT2D eigenvalue weighted by Gasteiger charge is 2.37. The molecule has 0 radical (unpaired) electrons. The van der Waals surface area contributed by atoms with E-state index in [1.54, 1.807) is 12.1 Å². The van der Waals surface area contributed by atoms with E-state index < -0.39 is 22.8 Å². The molecule has 2 aromatic carbocycles. The number of nitro groups is 1. The molecule has 0 saturated carbocycles. The zero-order chi connectivity index (χ0) is 21.3. The van der Waals surface area contributed by atoms with Gasteiger partial charge in [-0.2, -0.15) is 0 Å². The van der Waals surface area contributed by atoms with Gasteiger partial charge in [-0.25, -0.2) is 9.69 Å². The highest BCUT2D eigenvalue weighted by atomic mass is 16.6. The third kappa shape index (κ3) is 3.84. The quantitative estimate of drug-likeness (QED) is 0.368. The highest BCUT2D eigenvalue weighted by Crippen LogP contribution is 2.29. The maximum Gasteiger partial charge on any atom is 0.335 e. The first-order chi connectivity index (χ1) is 13.7. The molecule has 29 heavy (non-hydrogen) atoms. The Morgan fingerprint density at radius 3 is 2.31 bits per heavy atom. The molecule has 0 aromatic heterocycles. The number of hydrogen-bond acceptors (Lipinski definition) is 6. The molecule has 0 unspecified atom stereocenters. The van der Waals surface area contributed by atoms with Crippen molar-refractivity contribution in [3.63, 3.8) is 0 Å². The van der Waals surface area contributed by atoms with Crippen molar-refractivity contribution in [1.82, 2.24) is 5.32 Å². The van der Waals surface area contributed by atoms with Gasteiger partial charge in [0, 0.05) is 6.07 Å². The van der Waals surface area contributed by atoms with Crippen LogP contribution in [0.1, 0.15) is 16.7 Å². The molecule has 1 N–H and O–H groups in total. The third-order valence-electron chi connectivity index (χ3n) is 4.28. The fourth-order valence-electron chi connectivity index (χ4n) is 3.08. The standard InChI is InChI=1S/C20H17N3O6/c1-11-6-12(2)8-14(7-11)22-19(25)15(18(24)21-20(22)26)9-13-4-5-17(29-3)16(10-13)23(27)28/h4-10H,1-3H3,(H,21,24,26)/b15-9-. The first-order valence-electron chi connectivity index (χ1n) is 8.53. The van der Waals surface area contributed by atoms with Crippen LogP contribution in [0.25, 0.3) is 6.08 Å². The van der Waals surface area contributed by atoms with E-state index in [0.717, 1.165) is 16.0 Å². The van der Waals surface area contributed by atoms with Gasteiger partial charge in [0.05, 0.1) is 17.7 Å². The van der Waals surface area contributed by atoms with E-state index in [1.165, 1.54) is 31.4 Å². The zero-order valence-electron chi connectivity index (χ0n) is 15.9. The summed E-state index contributed by atoms with van der Waals surface area (Å²) >= 11 is 0. The lowest BCUT2D eigenvalue weighted by Crippen LogP contribution is -2.54. The molecule has 4 amide bonds. The van der Waals surface area contributed by atoms with E-state index in [0.29, 0.717) is 5.69 Å². The predicted octanol–water partition coefficient (Wildman–Crippen LogP) is 2.89. The molecule has 148 valence electrons. The maximum atomic E-state index is 12.9. The number of urea groups is 1. The zero-order valence-corrected chi connectivity index (χ0v) is 15.9. The lowest BCUT2D eigenvalue weighted by atomic mass is 10.0. The fraction of sp³-hybridized carbons (Fsp3) is 0.150. The summed E-state index contributed by atoms with van der Waals surface area (Å²) in [4.78, 5) is 48.9. The molecule has 0 aliphatic carbocycles. The Bertz CT molecular complexity index is 1070. The molecule has 1 aliphatic heterocycles. The molecule has 1 saturated heterocycles. The Kier molecular flexibility index (Phi) is 5.14. The Morgan fingerprint density at radius 2 is 1.72 bits per heavy atom. The number of rotatable bonds is 4. The molecule has 2 aromatic rings. The molecular weight excluding hydrogens is 378 g/mol. The Labute approximate surface area is 165 Å².